The highest BCUT2D eigenvalue weighted by Crippen LogP contribution is 2.32. The van der Waals surface area contributed by atoms with Crippen molar-refractivity contribution in [3.8, 4) is 11.3 Å². The number of benzene rings is 2. The van der Waals surface area contributed by atoms with Gasteiger partial charge in [0.05, 0.1) is 16.9 Å². The molecule has 0 radical (unpaired) electrons. The SMILES string of the molecule is CN1CCN(CC=CC(=O)Nc2ccc(C(=O)N[C@H]3CCC[C@@H](Nc4ncc(Cl)c(-c5c[nH]c6ccccc56)n4)C3)cc2)CC1. The molecule has 1 aliphatic carbocycles. The van der Waals surface area contributed by atoms with Crippen LogP contribution in [0.5, 0.6) is 0 Å². The predicted octanol–water partition coefficient (Wildman–Crippen LogP) is 5.17. The molecule has 45 heavy (non-hydrogen) atoms. The minimum atomic E-state index is -0.180. The molecule has 11 heteroatoms. The van der Waals surface area contributed by atoms with Crippen LogP contribution < -0.4 is 16.0 Å². The Morgan fingerprint density at radius 1 is 1.04 bits per heavy atom. The zero-order chi connectivity index (χ0) is 31.2. The van der Waals surface area contributed by atoms with Gasteiger partial charge in [-0.15, -0.1) is 0 Å². The third kappa shape index (κ3) is 7.89. The van der Waals surface area contributed by atoms with Crippen LogP contribution in [0.4, 0.5) is 11.6 Å². The number of anilines is 2. The Kier molecular flexibility index (Phi) is 9.73. The molecule has 234 valence electrons. The summed E-state index contributed by atoms with van der Waals surface area (Å²) >= 11 is 6.51. The van der Waals surface area contributed by atoms with Crippen LogP contribution in [0.3, 0.4) is 0 Å². The Labute approximate surface area is 268 Å². The number of aromatic amines is 1. The third-order valence-electron chi connectivity index (χ3n) is 8.57. The van der Waals surface area contributed by atoms with Crippen molar-refractivity contribution in [2.75, 3.05) is 50.4 Å². The van der Waals surface area contributed by atoms with E-state index in [1.54, 1.807) is 36.5 Å². The lowest BCUT2D eigenvalue weighted by Gasteiger charge is -2.31. The number of likely N-dealkylation sites (N-methyl/N-ethyl adjacent to an activating group) is 1. The maximum Gasteiger partial charge on any atom is 0.251 e. The summed E-state index contributed by atoms with van der Waals surface area (Å²) in [6.07, 6.45) is 10.6. The van der Waals surface area contributed by atoms with Gasteiger partial charge in [-0.2, -0.15) is 0 Å². The predicted molar refractivity (Wildman–Crippen MR) is 180 cm³/mol. The number of halogens is 1. The number of piperazine rings is 1. The summed E-state index contributed by atoms with van der Waals surface area (Å²) in [5.74, 6) is 0.207. The molecule has 6 rings (SSSR count). The third-order valence-corrected chi connectivity index (χ3v) is 8.85. The fourth-order valence-electron chi connectivity index (χ4n) is 6.02. The van der Waals surface area contributed by atoms with E-state index >= 15 is 0 Å². The van der Waals surface area contributed by atoms with E-state index in [-0.39, 0.29) is 23.9 Å². The average molecular weight is 627 g/mol. The highest BCUT2D eigenvalue weighted by molar-refractivity contribution is 6.33. The molecule has 4 N–H and O–H groups in total. The van der Waals surface area contributed by atoms with Crippen LogP contribution in [0.2, 0.25) is 5.02 Å². The Morgan fingerprint density at radius 2 is 1.82 bits per heavy atom. The van der Waals surface area contributed by atoms with Gasteiger partial charge in [-0.1, -0.05) is 35.9 Å². The van der Waals surface area contributed by atoms with Crippen molar-refractivity contribution in [1.82, 2.24) is 30.1 Å². The van der Waals surface area contributed by atoms with Gasteiger partial charge in [0.15, 0.2) is 0 Å². The van der Waals surface area contributed by atoms with Gasteiger partial charge in [-0.25, -0.2) is 9.97 Å². The van der Waals surface area contributed by atoms with Crippen molar-refractivity contribution in [3.63, 3.8) is 0 Å². The normalized spacial score (nSPS) is 19.5. The van der Waals surface area contributed by atoms with E-state index in [0.717, 1.165) is 74.9 Å². The van der Waals surface area contributed by atoms with Crippen LogP contribution >= 0.6 is 11.6 Å². The van der Waals surface area contributed by atoms with E-state index in [1.807, 2.05) is 36.5 Å². The highest BCUT2D eigenvalue weighted by atomic mass is 35.5. The van der Waals surface area contributed by atoms with Crippen molar-refractivity contribution in [2.45, 2.75) is 37.8 Å². The Bertz CT molecular complexity index is 1660. The lowest BCUT2D eigenvalue weighted by Crippen LogP contribution is -2.44. The van der Waals surface area contributed by atoms with Crippen LogP contribution in [0.1, 0.15) is 36.0 Å². The molecule has 2 aliphatic rings. The van der Waals surface area contributed by atoms with Crippen molar-refractivity contribution >= 4 is 46.0 Å². The molecule has 1 saturated heterocycles. The second kappa shape index (κ2) is 14.2. The molecule has 0 unspecified atom stereocenters. The fraction of sp³-hybridized carbons (Fsp3) is 0.353. The number of aromatic nitrogens is 3. The number of carbonyl (C=O) groups is 2. The van der Waals surface area contributed by atoms with E-state index in [4.69, 9.17) is 16.6 Å². The molecular formula is C34H39ClN8O2. The highest BCUT2D eigenvalue weighted by Gasteiger charge is 2.25. The first-order valence-electron chi connectivity index (χ1n) is 15.6. The summed E-state index contributed by atoms with van der Waals surface area (Å²) in [4.78, 5) is 42.5. The van der Waals surface area contributed by atoms with E-state index in [2.05, 4.69) is 42.8 Å². The lowest BCUT2D eigenvalue weighted by atomic mass is 9.91. The van der Waals surface area contributed by atoms with Crippen molar-refractivity contribution in [3.05, 3.63) is 83.7 Å². The Hall–Kier alpha value is -4.25. The number of amides is 2. The van der Waals surface area contributed by atoms with E-state index in [1.165, 1.54) is 0 Å². The molecule has 1 saturated carbocycles. The summed E-state index contributed by atoms with van der Waals surface area (Å²) < 4.78 is 0. The molecule has 2 atom stereocenters. The second-order valence-corrected chi connectivity index (χ2v) is 12.3. The number of rotatable bonds is 9. The van der Waals surface area contributed by atoms with Gasteiger partial charge in [-0.3, -0.25) is 14.5 Å². The lowest BCUT2D eigenvalue weighted by molar-refractivity contribution is -0.111. The minimum absolute atomic E-state index is 0.0222. The maximum absolute atomic E-state index is 13.1. The average Bonchev–Trinajstić information content (AvgIpc) is 3.47. The number of para-hydroxylation sites is 1. The van der Waals surface area contributed by atoms with E-state index in [9.17, 15) is 9.59 Å². The molecular weight excluding hydrogens is 588 g/mol. The first-order valence-corrected chi connectivity index (χ1v) is 15.9. The van der Waals surface area contributed by atoms with Gasteiger partial charge in [0.2, 0.25) is 11.9 Å². The zero-order valence-corrected chi connectivity index (χ0v) is 26.2. The second-order valence-electron chi connectivity index (χ2n) is 11.9. The number of H-pyrrole nitrogens is 1. The number of hydrogen-bond donors (Lipinski definition) is 4. The maximum atomic E-state index is 13.1. The Balaban J connectivity index is 0.997. The van der Waals surface area contributed by atoms with Crippen LogP contribution in [-0.4, -0.2) is 88.4 Å². The van der Waals surface area contributed by atoms with Crippen LogP contribution in [0, 0.1) is 0 Å². The molecule has 2 aromatic heterocycles. The molecule has 0 spiro atoms. The number of carbonyl (C=O) groups excluding carboxylic acids is 2. The van der Waals surface area contributed by atoms with E-state index < -0.39 is 0 Å². The van der Waals surface area contributed by atoms with Gasteiger partial charge < -0.3 is 25.8 Å². The number of hydrogen-bond acceptors (Lipinski definition) is 7. The van der Waals surface area contributed by atoms with Gasteiger partial charge in [0, 0.05) is 84.8 Å². The van der Waals surface area contributed by atoms with Gasteiger partial charge >= 0.3 is 0 Å². The number of nitrogens with one attached hydrogen (secondary N) is 4. The molecule has 0 bridgehead atoms. The minimum Gasteiger partial charge on any atom is -0.360 e. The van der Waals surface area contributed by atoms with Crippen LogP contribution in [0.15, 0.2) is 73.1 Å². The van der Waals surface area contributed by atoms with E-state index in [0.29, 0.717) is 27.9 Å². The number of nitrogens with zero attached hydrogens (tertiary/aromatic N) is 4. The topological polar surface area (TPSA) is 118 Å². The molecule has 1 aliphatic heterocycles. The fourth-order valence-corrected chi connectivity index (χ4v) is 6.22. The summed E-state index contributed by atoms with van der Waals surface area (Å²) in [6, 6.07) is 15.2. The van der Waals surface area contributed by atoms with Crippen LogP contribution in [-0.2, 0) is 4.79 Å². The quantitative estimate of drug-likeness (QED) is 0.189. The van der Waals surface area contributed by atoms with Crippen LogP contribution in [0.25, 0.3) is 22.2 Å². The van der Waals surface area contributed by atoms with Gasteiger partial charge in [0.1, 0.15) is 0 Å². The molecule has 2 aromatic carbocycles. The Morgan fingerprint density at radius 3 is 2.64 bits per heavy atom. The standard InChI is InChI=1S/C34H39ClN8O2/c1-42-16-18-43(19-17-42)15-5-10-31(44)38-24-13-11-23(12-14-24)33(45)39-25-6-4-7-26(20-25)40-34-37-22-29(35)32(41-34)28-21-36-30-9-3-2-8-27(28)30/h2-3,5,8-14,21-22,25-26,36H,4,6-7,15-20H2,1H3,(H,38,44)(H,39,45)(H,37,40,41)/t25-,26+/m0/s1. The van der Waals surface area contributed by atoms with Gasteiger partial charge in [0.25, 0.3) is 5.91 Å². The molecule has 4 aromatic rings. The summed E-state index contributed by atoms with van der Waals surface area (Å²) in [5.41, 5.74) is 3.83. The molecule has 10 nitrogen and oxygen atoms in total. The first kappa shape index (κ1) is 30.8. The number of fused-ring (bicyclic) bond motifs is 1. The smallest absolute Gasteiger partial charge is 0.251 e. The van der Waals surface area contributed by atoms with Gasteiger partial charge in [-0.05, 0) is 63.1 Å². The van der Waals surface area contributed by atoms with Crippen molar-refractivity contribution in [2.24, 2.45) is 0 Å². The molecule has 2 fully saturated rings. The van der Waals surface area contributed by atoms with Crippen molar-refractivity contribution < 1.29 is 9.59 Å². The summed E-state index contributed by atoms with van der Waals surface area (Å²) in [5, 5.41) is 11.1. The summed E-state index contributed by atoms with van der Waals surface area (Å²) in [7, 11) is 2.13. The summed E-state index contributed by atoms with van der Waals surface area (Å²) in [6.45, 7) is 4.87. The first-order chi connectivity index (χ1) is 21.9. The monoisotopic (exact) mass is 626 g/mol. The molecule has 3 heterocycles. The molecule has 2 amide bonds. The van der Waals surface area contributed by atoms with Crippen molar-refractivity contribution in [1.29, 1.82) is 0 Å². The largest absolute Gasteiger partial charge is 0.360 e. The zero-order valence-electron chi connectivity index (χ0n) is 25.4.